The summed E-state index contributed by atoms with van der Waals surface area (Å²) in [6, 6.07) is 0. The highest BCUT2D eigenvalue weighted by atomic mass is 16.5. The molecular formula is C12H24N2O2. The summed E-state index contributed by atoms with van der Waals surface area (Å²) in [6.45, 7) is 12.2. The van der Waals surface area contributed by atoms with Crippen LogP contribution in [0.25, 0.3) is 0 Å². The molecule has 0 radical (unpaired) electrons. The van der Waals surface area contributed by atoms with Crippen molar-refractivity contribution >= 4 is 5.91 Å². The van der Waals surface area contributed by atoms with Crippen molar-refractivity contribution < 1.29 is 9.53 Å². The van der Waals surface area contributed by atoms with Crippen molar-refractivity contribution in [2.24, 2.45) is 5.92 Å². The lowest BCUT2D eigenvalue weighted by Gasteiger charge is -2.35. The maximum absolute atomic E-state index is 11.7. The Morgan fingerprint density at radius 1 is 1.25 bits per heavy atom. The third-order valence-corrected chi connectivity index (χ3v) is 2.93. The largest absolute Gasteiger partial charge is 0.380 e. The monoisotopic (exact) mass is 228 g/mol. The second kappa shape index (κ2) is 6.86. The second-order valence-corrected chi connectivity index (χ2v) is 4.52. The molecule has 4 heteroatoms. The fourth-order valence-electron chi connectivity index (χ4n) is 1.89. The number of amides is 1. The highest BCUT2D eigenvalue weighted by Gasteiger charge is 2.22. The van der Waals surface area contributed by atoms with Gasteiger partial charge in [-0.05, 0) is 6.92 Å². The molecule has 1 aliphatic rings. The minimum atomic E-state index is 0.120. The lowest BCUT2D eigenvalue weighted by Crippen LogP contribution is -2.50. The average Bonchev–Trinajstić information content (AvgIpc) is 2.29. The van der Waals surface area contributed by atoms with E-state index in [0.717, 1.165) is 45.9 Å². The highest BCUT2D eigenvalue weighted by Crippen LogP contribution is 2.06. The highest BCUT2D eigenvalue weighted by molar-refractivity contribution is 5.78. The van der Waals surface area contributed by atoms with Gasteiger partial charge >= 0.3 is 0 Å². The molecular weight excluding hydrogens is 204 g/mol. The Hall–Kier alpha value is -0.610. The van der Waals surface area contributed by atoms with E-state index in [1.807, 2.05) is 25.7 Å². The molecule has 1 fully saturated rings. The van der Waals surface area contributed by atoms with E-state index in [2.05, 4.69) is 4.90 Å². The van der Waals surface area contributed by atoms with Crippen LogP contribution in [0.15, 0.2) is 0 Å². The molecule has 1 heterocycles. The third-order valence-electron chi connectivity index (χ3n) is 2.93. The van der Waals surface area contributed by atoms with Gasteiger partial charge in [0.05, 0.1) is 6.61 Å². The Balaban J connectivity index is 2.20. The van der Waals surface area contributed by atoms with Crippen molar-refractivity contribution in [3.63, 3.8) is 0 Å². The summed E-state index contributed by atoms with van der Waals surface area (Å²) < 4.78 is 5.33. The zero-order valence-electron chi connectivity index (χ0n) is 10.7. The minimum absolute atomic E-state index is 0.120. The summed E-state index contributed by atoms with van der Waals surface area (Å²) in [6.07, 6.45) is 0. The number of piperazine rings is 1. The van der Waals surface area contributed by atoms with Gasteiger partial charge in [0.15, 0.2) is 0 Å². The van der Waals surface area contributed by atoms with Gasteiger partial charge in [0.25, 0.3) is 0 Å². The van der Waals surface area contributed by atoms with E-state index < -0.39 is 0 Å². The Morgan fingerprint density at radius 2 is 1.88 bits per heavy atom. The van der Waals surface area contributed by atoms with E-state index >= 15 is 0 Å². The predicted molar refractivity (Wildman–Crippen MR) is 64.4 cm³/mol. The number of rotatable bonds is 5. The Kier molecular flexibility index (Phi) is 5.77. The summed E-state index contributed by atoms with van der Waals surface area (Å²) in [4.78, 5) is 16.1. The van der Waals surface area contributed by atoms with E-state index in [9.17, 15) is 4.79 Å². The molecule has 0 aromatic heterocycles. The van der Waals surface area contributed by atoms with E-state index in [4.69, 9.17) is 4.74 Å². The molecule has 0 spiro atoms. The number of carbonyl (C=O) groups excluding carboxylic acids is 1. The van der Waals surface area contributed by atoms with Crippen LogP contribution in [-0.4, -0.2) is 61.6 Å². The Bertz CT molecular complexity index is 211. The molecule has 0 bridgehead atoms. The fraction of sp³-hybridized carbons (Fsp3) is 0.917. The van der Waals surface area contributed by atoms with Gasteiger partial charge in [-0.15, -0.1) is 0 Å². The normalized spacial score (nSPS) is 18.1. The molecule has 94 valence electrons. The smallest absolute Gasteiger partial charge is 0.225 e. The maximum atomic E-state index is 11.7. The maximum Gasteiger partial charge on any atom is 0.225 e. The fourth-order valence-corrected chi connectivity index (χ4v) is 1.89. The number of nitrogens with zero attached hydrogens (tertiary/aromatic N) is 2. The van der Waals surface area contributed by atoms with Crippen molar-refractivity contribution in [1.82, 2.24) is 9.80 Å². The molecule has 0 atom stereocenters. The molecule has 0 N–H and O–H groups in total. The number of hydrogen-bond acceptors (Lipinski definition) is 3. The molecule has 1 aliphatic heterocycles. The van der Waals surface area contributed by atoms with Gasteiger partial charge in [0.1, 0.15) is 0 Å². The van der Waals surface area contributed by atoms with E-state index in [0.29, 0.717) is 0 Å². The van der Waals surface area contributed by atoms with Crippen molar-refractivity contribution in [2.75, 3.05) is 45.9 Å². The molecule has 1 saturated heterocycles. The topological polar surface area (TPSA) is 32.8 Å². The zero-order chi connectivity index (χ0) is 12.0. The van der Waals surface area contributed by atoms with Crippen LogP contribution in [0, 0.1) is 5.92 Å². The standard InChI is InChI=1S/C12H24N2O2/c1-4-16-10-9-13-5-7-14(8-6-13)12(15)11(2)3/h11H,4-10H2,1-3H3. The Labute approximate surface area is 98.5 Å². The van der Waals surface area contributed by atoms with Gasteiger partial charge in [0.2, 0.25) is 5.91 Å². The lowest BCUT2D eigenvalue weighted by atomic mass is 10.1. The first kappa shape index (κ1) is 13.5. The first-order valence-electron chi connectivity index (χ1n) is 6.24. The summed E-state index contributed by atoms with van der Waals surface area (Å²) in [5, 5.41) is 0. The molecule has 0 aromatic carbocycles. The summed E-state index contributed by atoms with van der Waals surface area (Å²) >= 11 is 0. The van der Waals surface area contributed by atoms with Crippen LogP contribution in [0.5, 0.6) is 0 Å². The minimum Gasteiger partial charge on any atom is -0.380 e. The number of hydrogen-bond donors (Lipinski definition) is 0. The van der Waals surface area contributed by atoms with Gasteiger partial charge in [0, 0.05) is 45.2 Å². The van der Waals surface area contributed by atoms with Crippen LogP contribution < -0.4 is 0 Å². The third kappa shape index (κ3) is 4.10. The zero-order valence-corrected chi connectivity index (χ0v) is 10.7. The van der Waals surface area contributed by atoms with E-state index in [1.165, 1.54) is 0 Å². The Morgan fingerprint density at radius 3 is 2.38 bits per heavy atom. The van der Waals surface area contributed by atoms with E-state index in [-0.39, 0.29) is 11.8 Å². The van der Waals surface area contributed by atoms with Gasteiger partial charge in [-0.2, -0.15) is 0 Å². The van der Waals surface area contributed by atoms with Gasteiger partial charge in [-0.1, -0.05) is 13.8 Å². The lowest BCUT2D eigenvalue weighted by molar-refractivity contribution is -0.136. The van der Waals surface area contributed by atoms with Crippen LogP contribution in [0.4, 0.5) is 0 Å². The number of ether oxygens (including phenoxy) is 1. The molecule has 0 aliphatic carbocycles. The van der Waals surface area contributed by atoms with Gasteiger partial charge < -0.3 is 9.64 Å². The molecule has 0 saturated carbocycles. The predicted octanol–water partition coefficient (Wildman–Crippen LogP) is 0.823. The summed E-state index contributed by atoms with van der Waals surface area (Å²) in [5.41, 5.74) is 0. The van der Waals surface area contributed by atoms with Crippen LogP contribution in [0.2, 0.25) is 0 Å². The molecule has 0 unspecified atom stereocenters. The molecule has 4 nitrogen and oxygen atoms in total. The molecule has 0 aromatic rings. The van der Waals surface area contributed by atoms with Crippen molar-refractivity contribution in [2.45, 2.75) is 20.8 Å². The first-order chi connectivity index (χ1) is 7.65. The first-order valence-corrected chi connectivity index (χ1v) is 6.24. The average molecular weight is 228 g/mol. The molecule has 1 rings (SSSR count). The van der Waals surface area contributed by atoms with Crippen LogP contribution in [-0.2, 0) is 9.53 Å². The molecule has 16 heavy (non-hydrogen) atoms. The second-order valence-electron chi connectivity index (χ2n) is 4.52. The molecule has 1 amide bonds. The van der Waals surface area contributed by atoms with Crippen molar-refractivity contribution in [3.8, 4) is 0 Å². The number of carbonyl (C=O) groups is 1. The van der Waals surface area contributed by atoms with Gasteiger partial charge in [-0.3, -0.25) is 9.69 Å². The summed E-state index contributed by atoms with van der Waals surface area (Å²) in [5.74, 6) is 0.402. The van der Waals surface area contributed by atoms with E-state index in [1.54, 1.807) is 0 Å². The van der Waals surface area contributed by atoms with Gasteiger partial charge in [-0.25, -0.2) is 0 Å². The SMILES string of the molecule is CCOCCN1CCN(C(=O)C(C)C)CC1. The van der Waals surface area contributed by atoms with Crippen molar-refractivity contribution in [1.29, 1.82) is 0 Å². The quantitative estimate of drug-likeness (QED) is 0.653. The van der Waals surface area contributed by atoms with Crippen LogP contribution >= 0.6 is 0 Å². The van der Waals surface area contributed by atoms with Crippen LogP contribution in [0.1, 0.15) is 20.8 Å². The van der Waals surface area contributed by atoms with Crippen molar-refractivity contribution in [3.05, 3.63) is 0 Å². The summed E-state index contributed by atoms with van der Waals surface area (Å²) in [7, 11) is 0. The van der Waals surface area contributed by atoms with Crippen LogP contribution in [0.3, 0.4) is 0 Å².